The summed E-state index contributed by atoms with van der Waals surface area (Å²) < 4.78 is 5.38. The fourth-order valence-electron chi connectivity index (χ4n) is 3.32. The Morgan fingerprint density at radius 2 is 1.64 bits per heavy atom. The summed E-state index contributed by atoms with van der Waals surface area (Å²) in [6.07, 6.45) is 6.49. The van der Waals surface area contributed by atoms with Crippen LogP contribution >= 0.6 is 24.0 Å². The Balaban J connectivity index is 0.00000312. The van der Waals surface area contributed by atoms with Crippen LogP contribution < -0.4 is 10.6 Å². The molecule has 0 bridgehead atoms. The highest BCUT2D eigenvalue weighted by molar-refractivity contribution is 14.0. The molecule has 0 amide bonds. The quantitative estimate of drug-likeness (QED) is 0.234. The summed E-state index contributed by atoms with van der Waals surface area (Å²) in [5, 5.41) is 6.83. The Kier molecular flexibility index (Phi) is 13.7. The molecular weight excluding hydrogens is 429 g/mol. The van der Waals surface area contributed by atoms with Crippen molar-refractivity contribution in [1.29, 1.82) is 0 Å². The molecule has 0 radical (unpaired) electrons. The van der Waals surface area contributed by atoms with Crippen molar-refractivity contribution in [2.45, 2.75) is 39.0 Å². The minimum Gasteiger partial charge on any atom is -0.379 e. The number of unbranched alkanes of at least 4 members (excludes halogenated alkanes) is 1. The zero-order chi connectivity index (χ0) is 16.9. The molecule has 25 heavy (non-hydrogen) atoms. The van der Waals surface area contributed by atoms with Crippen molar-refractivity contribution < 1.29 is 4.74 Å². The number of morpholine rings is 1. The number of piperidine rings is 1. The molecule has 0 spiro atoms. The number of nitrogens with one attached hydrogen (secondary N) is 2. The Labute approximate surface area is 171 Å². The molecular formula is C18H38IN5O. The van der Waals surface area contributed by atoms with Crippen LogP contribution in [-0.2, 0) is 4.74 Å². The molecule has 2 N–H and O–H groups in total. The molecule has 2 rings (SSSR count). The van der Waals surface area contributed by atoms with Gasteiger partial charge in [0.2, 0.25) is 0 Å². The Morgan fingerprint density at radius 3 is 2.36 bits per heavy atom. The number of halogens is 1. The van der Waals surface area contributed by atoms with Gasteiger partial charge in [-0.1, -0.05) is 6.42 Å². The van der Waals surface area contributed by atoms with E-state index in [-0.39, 0.29) is 24.0 Å². The van der Waals surface area contributed by atoms with Crippen molar-refractivity contribution >= 4 is 29.9 Å². The molecule has 0 aromatic heterocycles. The monoisotopic (exact) mass is 467 g/mol. The van der Waals surface area contributed by atoms with Crippen LogP contribution in [0.5, 0.6) is 0 Å². The van der Waals surface area contributed by atoms with Gasteiger partial charge >= 0.3 is 0 Å². The summed E-state index contributed by atoms with van der Waals surface area (Å²) >= 11 is 0. The third kappa shape index (κ3) is 10.6. The van der Waals surface area contributed by atoms with E-state index in [1.165, 1.54) is 45.3 Å². The van der Waals surface area contributed by atoms with E-state index in [2.05, 4.69) is 27.4 Å². The van der Waals surface area contributed by atoms with Gasteiger partial charge in [0.15, 0.2) is 5.96 Å². The van der Waals surface area contributed by atoms with E-state index in [1.807, 2.05) is 0 Å². The SMILES string of the molecule is CCNC(=NCCCCN1CCOCC1)NCCN1CCCCC1.I. The lowest BCUT2D eigenvalue weighted by Gasteiger charge is -2.26. The maximum absolute atomic E-state index is 5.38. The van der Waals surface area contributed by atoms with Crippen molar-refractivity contribution in [3.8, 4) is 0 Å². The van der Waals surface area contributed by atoms with Gasteiger partial charge in [0, 0.05) is 39.3 Å². The summed E-state index contributed by atoms with van der Waals surface area (Å²) in [5.74, 6) is 0.973. The van der Waals surface area contributed by atoms with E-state index in [0.717, 1.165) is 64.9 Å². The van der Waals surface area contributed by atoms with E-state index < -0.39 is 0 Å². The largest absolute Gasteiger partial charge is 0.379 e. The summed E-state index contributed by atoms with van der Waals surface area (Å²) in [6.45, 7) is 13.7. The predicted molar refractivity (Wildman–Crippen MR) is 116 cm³/mol. The lowest BCUT2D eigenvalue weighted by atomic mass is 10.1. The van der Waals surface area contributed by atoms with E-state index in [4.69, 9.17) is 9.73 Å². The molecule has 0 saturated carbocycles. The van der Waals surface area contributed by atoms with E-state index in [0.29, 0.717) is 0 Å². The molecule has 0 aromatic rings. The molecule has 2 aliphatic rings. The zero-order valence-corrected chi connectivity index (χ0v) is 18.3. The maximum Gasteiger partial charge on any atom is 0.191 e. The number of hydrogen-bond donors (Lipinski definition) is 2. The van der Waals surface area contributed by atoms with Gasteiger partial charge < -0.3 is 20.3 Å². The van der Waals surface area contributed by atoms with Gasteiger partial charge in [0.25, 0.3) is 0 Å². The minimum atomic E-state index is 0. The lowest BCUT2D eigenvalue weighted by Crippen LogP contribution is -2.42. The van der Waals surface area contributed by atoms with Crippen LogP contribution in [0.3, 0.4) is 0 Å². The molecule has 2 aliphatic heterocycles. The van der Waals surface area contributed by atoms with Crippen LogP contribution in [0.1, 0.15) is 39.0 Å². The van der Waals surface area contributed by atoms with Crippen molar-refractivity contribution in [3.63, 3.8) is 0 Å². The number of guanidine groups is 1. The number of ether oxygens (including phenoxy) is 1. The number of rotatable bonds is 9. The molecule has 2 heterocycles. The summed E-state index contributed by atoms with van der Waals surface area (Å²) in [4.78, 5) is 9.76. The van der Waals surface area contributed by atoms with Gasteiger partial charge in [-0.25, -0.2) is 0 Å². The van der Waals surface area contributed by atoms with E-state index in [1.54, 1.807) is 0 Å². The van der Waals surface area contributed by atoms with Crippen molar-refractivity contribution in [1.82, 2.24) is 20.4 Å². The highest BCUT2D eigenvalue weighted by Crippen LogP contribution is 2.07. The van der Waals surface area contributed by atoms with Gasteiger partial charge in [-0.15, -0.1) is 24.0 Å². The molecule has 2 fully saturated rings. The topological polar surface area (TPSA) is 52.1 Å². The highest BCUT2D eigenvalue weighted by Gasteiger charge is 2.10. The van der Waals surface area contributed by atoms with Crippen LogP contribution in [0.25, 0.3) is 0 Å². The zero-order valence-electron chi connectivity index (χ0n) is 16.0. The first-order chi connectivity index (χ1) is 11.9. The second-order valence-corrected chi connectivity index (χ2v) is 6.75. The summed E-state index contributed by atoms with van der Waals surface area (Å²) in [6, 6.07) is 0. The van der Waals surface area contributed by atoms with Crippen LogP contribution in [0.15, 0.2) is 4.99 Å². The third-order valence-electron chi connectivity index (χ3n) is 4.77. The molecule has 2 saturated heterocycles. The number of nitrogens with zero attached hydrogens (tertiary/aromatic N) is 3. The van der Waals surface area contributed by atoms with Gasteiger partial charge in [-0.3, -0.25) is 9.89 Å². The smallest absolute Gasteiger partial charge is 0.191 e. The first kappa shape index (κ1) is 22.9. The molecule has 0 aliphatic carbocycles. The second kappa shape index (κ2) is 15.0. The van der Waals surface area contributed by atoms with Gasteiger partial charge in [-0.05, 0) is 52.2 Å². The molecule has 7 heteroatoms. The second-order valence-electron chi connectivity index (χ2n) is 6.75. The van der Waals surface area contributed by atoms with E-state index in [9.17, 15) is 0 Å². The van der Waals surface area contributed by atoms with E-state index >= 15 is 0 Å². The van der Waals surface area contributed by atoms with Crippen LogP contribution in [-0.4, -0.2) is 87.9 Å². The van der Waals surface area contributed by atoms with Gasteiger partial charge in [-0.2, -0.15) is 0 Å². The van der Waals surface area contributed by atoms with Crippen molar-refractivity contribution in [2.24, 2.45) is 4.99 Å². The summed E-state index contributed by atoms with van der Waals surface area (Å²) in [7, 11) is 0. The molecule has 6 nitrogen and oxygen atoms in total. The standard InChI is InChI=1S/C18H37N5O.HI/c1-2-19-18(21-9-13-22-10-5-3-6-11-22)20-8-4-7-12-23-14-16-24-17-15-23;/h2-17H2,1H3,(H2,19,20,21);1H. The first-order valence-corrected chi connectivity index (χ1v) is 9.93. The number of likely N-dealkylation sites (tertiary alicyclic amines) is 1. The van der Waals surface area contributed by atoms with Crippen LogP contribution in [0, 0.1) is 0 Å². The molecule has 148 valence electrons. The molecule has 0 aromatic carbocycles. The fraction of sp³-hybridized carbons (Fsp3) is 0.944. The van der Waals surface area contributed by atoms with Crippen molar-refractivity contribution in [3.05, 3.63) is 0 Å². The Morgan fingerprint density at radius 1 is 0.920 bits per heavy atom. The molecule has 0 atom stereocenters. The Bertz CT molecular complexity index is 344. The average Bonchev–Trinajstić information content (AvgIpc) is 2.63. The lowest BCUT2D eigenvalue weighted by molar-refractivity contribution is 0.0373. The predicted octanol–water partition coefficient (Wildman–Crippen LogP) is 1.76. The maximum atomic E-state index is 5.38. The van der Waals surface area contributed by atoms with Crippen LogP contribution in [0.2, 0.25) is 0 Å². The molecule has 0 unspecified atom stereocenters. The first-order valence-electron chi connectivity index (χ1n) is 9.93. The number of hydrogen-bond acceptors (Lipinski definition) is 4. The normalized spacial score (nSPS) is 20.1. The highest BCUT2D eigenvalue weighted by atomic mass is 127. The third-order valence-corrected chi connectivity index (χ3v) is 4.77. The van der Waals surface area contributed by atoms with Crippen molar-refractivity contribution in [2.75, 3.05) is 72.1 Å². The Hall–Kier alpha value is -0.120. The number of aliphatic imine (C=N–C) groups is 1. The van der Waals surface area contributed by atoms with Crippen LogP contribution in [0.4, 0.5) is 0 Å². The van der Waals surface area contributed by atoms with Gasteiger partial charge in [0.05, 0.1) is 13.2 Å². The average molecular weight is 467 g/mol. The fourth-order valence-corrected chi connectivity index (χ4v) is 3.32. The minimum absolute atomic E-state index is 0. The van der Waals surface area contributed by atoms with Gasteiger partial charge in [0.1, 0.15) is 0 Å². The summed E-state index contributed by atoms with van der Waals surface area (Å²) in [5.41, 5.74) is 0.